The molecule has 6 nitrogen and oxygen atoms in total. The summed E-state index contributed by atoms with van der Waals surface area (Å²) in [5, 5.41) is 3.01. The molecule has 0 saturated heterocycles. The van der Waals surface area contributed by atoms with Crippen molar-refractivity contribution in [1.82, 2.24) is 9.55 Å². The Kier molecular flexibility index (Phi) is 4.50. The van der Waals surface area contributed by atoms with E-state index in [0.717, 1.165) is 16.8 Å². The lowest BCUT2D eigenvalue weighted by Gasteiger charge is -2.28. The predicted molar refractivity (Wildman–Crippen MR) is 105 cm³/mol. The number of aromatic nitrogens is 2. The van der Waals surface area contributed by atoms with Crippen LogP contribution in [-0.4, -0.2) is 23.8 Å². The van der Waals surface area contributed by atoms with Gasteiger partial charge < -0.3 is 14.8 Å². The number of halogens is 1. The molecule has 2 heterocycles. The summed E-state index contributed by atoms with van der Waals surface area (Å²) in [5.41, 5.74) is 2.85. The summed E-state index contributed by atoms with van der Waals surface area (Å²) in [4.78, 5) is 16.8. The lowest BCUT2D eigenvalue weighted by molar-refractivity contribution is 0.354. The SMILES string of the molecule is COc1cc2c(cc1OC)C(C)Cn1c-2cc(Nc2cccc(F)c2)nc1=O. The Morgan fingerprint density at radius 1 is 1.14 bits per heavy atom. The largest absolute Gasteiger partial charge is 0.493 e. The molecule has 0 amide bonds. The molecule has 4 rings (SSSR count). The van der Waals surface area contributed by atoms with Crippen LogP contribution >= 0.6 is 0 Å². The highest BCUT2D eigenvalue weighted by atomic mass is 19.1. The zero-order chi connectivity index (χ0) is 19.8. The van der Waals surface area contributed by atoms with Crippen molar-refractivity contribution in [3.05, 3.63) is 64.3 Å². The first-order valence-electron chi connectivity index (χ1n) is 8.91. The van der Waals surface area contributed by atoms with Crippen LogP contribution in [0.25, 0.3) is 11.3 Å². The van der Waals surface area contributed by atoms with E-state index in [4.69, 9.17) is 9.47 Å². The second-order valence-electron chi connectivity index (χ2n) is 6.75. The Morgan fingerprint density at radius 3 is 2.61 bits per heavy atom. The molecule has 1 aliphatic heterocycles. The number of anilines is 2. The summed E-state index contributed by atoms with van der Waals surface area (Å²) >= 11 is 0. The van der Waals surface area contributed by atoms with E-state index in [1.54, 1.807) is 37.0 Å². The van der Waals surface area contributed by atoms with Crippen molar-refractivity contribution in [2.75, 3.05) is 19.5 Å². The van der Waals surface area contributed by atoms with Gasteiger partial charge in [0, 0.05) is 29.8 Å². The van der Waals surface area contributed by atoms with Gasteiger partial charge in [-0.1, -0.05) is 13.0 Å². The molecule has 1 N–H and O–H groups in total. The van der Waals surface area contributed by atoms with Crippen LogP contribution in [0.4, 0.5) is 15.9 Å². The fraction of sp³-hybridized carbons (Fsp3) is 0.238. The van der Waals surface area contributed by atoms with E-state index < -0.39 is 0 Å². The summed E-state index contributed by atoms with van der Waals surface area (Å²) in [7, 11) is 3.17. The number of methoxy groups -OCH3 is 2. The third-order valence-electron chi connectivity index (χ3n) is 4.93. The number of fused-ring (bicyclic) bond motifs is 3. The number of benzene rings is 2. The van der Waals surface area contributed by atoms with E-state index >= 15 is 0 Å². The number of hydrogen-bond acceptors (Lipinski definition) is 5. The van der Waals surface area contributed by atoms with E-state index in [2.05, 4.69) is 17.2 Å². The average molecular weight is 381 g/mol. The molecule has 1 aliphatic rings. The smallest absolute Gasteiger partial charge is 0.350 e. The first-order chi connectivity index (χ1) is 13.5. The Labute approximate surface area is 161 Å². The average Bonchev–Trinajstić information content (AvgIpc) is 2.68. The molecule has 0 spiro atoms. The van der Waals surface area contributed by atoms with Crippen LogP contribution in [0.2, 0.25) is 0 Å². The molecule has 28 heavy (non-hydrogen) atoms. The highest BCUT2D eigenvalue weighted by Gasteiger charge is 2.26. The maximum Gasteiger partial charge on any atom is 0.350 e. The lowest BCUT2D eigenvalue weighted by Crippen LogP contribution is -2.30. The monoisotopic (exact) mass is 381 g/mol. The van der Waals surface area contributed by atoms with Gasteiger partial charge >= 0.3 is 5.69 Å². The first kappa shape index (κ1) is 18.0. The minimum atomic E-state index is -0.365. The number of nitrogens with zero attached hydrogens (tertiary/aromatic N) is 2. The van der Waals surface area contributed by atoms with Crippen molar-refractivity contribution in [3.8, 4) is 22.8 Å². The quantitative estimate of drug-likeness (QED) is 0.742. The highest BCUT2D eigenvalue weighted by molar-refractivity contribution is 5.73. The summed E-state index contributed by atoms with van der Waals surface area (Å²) in [6.07, 6.45) is 0. The van der Waals surface area contributed by atoms with Crippen LogP contribution < -0.4 is 20.5 Å². The van der Waals surface area contributed by atoms with Crippen molar-refractivity contribution in [3.63, 3.8) is 0 Å². The highest BCUT2D eigenvalue weighted by Crippen LogP contribution is 2.42. The number of hydrogen-bond donors (Lipinski definition) is 1. The molecule has 1 unspecified atom stereocenters. The third kappa shape index (κ3) is 3.09. The topological polar surface area (TPSA) is 65.4 Å². The molecule has 0 saturated carbocycles. The minimum Gasteiger partial charge on any atom is -0.493 e. The first-order valence-corrected chi connectivity index (χ1v) is 8.91. The molecule has 2 aromatic carbocycles. The zero-order valence-corrected chi connectivity index (χ0v) is 15.8. The van der Waals surface area contributed by atoms with Gasteiger partial charge in [0.05, 0.1) is 19.9 Å². The van der Waals surface area contributed by atoms with Crippen LogP contribution in [0.3, 0.4) is 0 Å². The molecule has 1 aromatic heterocycles. The van der Waals surface area contributed by atoms with Gasteiger partial charge in [-0.15, -0.1) is 0 Å². The van der Waals surface area contributed by atoms with E-state index in [-0.39, 0.29) is 17.4 Å². The molecule has 1 atom stereocenters. The maximum atomic E-state index is 13.5. The molecular weight excluding hydrogens is 361 g/mol. The minimum absolute atomic E-state index is 0.115. The van der Waals surface area contributed by atoms with Gasteiger partial charge in [0.15, 0.2) is 11.5 Å². The fourth-order valence-electron chi connectivity index (χ4n) is 3.58. The van der Waals surface area contributed by atoms with Crippen LogP contribution in [0.15, 0.2) is 47.3 Å². The van der Waals surface area contributed by atoms with E-state index in [9.17, 15) is 9.18 Å². The van der Waals surface area contributed by atoms with Crippen LogP contribution in [0.1, 0.15) is 18.4 Å². The standard InChI is InChI=1S/C21H20FN3O3/c1-12-11-25-17(16-9-19(28-3)18(27-2)8-15(12)16)10-20(24-21(25)26)23-14-6-4-5-13(22)7-14/h4-10,12H,11H2,1-3H3,(H,23,24,26). The van der Waals surface area contributed by atoms with E-state index in [1.807, 2.05) is 12.1 Å². The molecule has 7 heteroatoms. The van der Waals surface area contributed by atoms with Crippen molar-refractivity contribution < 1.29 is 13.9 Å². The van der Waals surface area contributed by atoms with Gasteiger partial charge in [-0.2, -0.15) is 4.98 Å². The van der Waals surface area contributed by atoms with Crippen LogP contribution in [0, 0.1) is 5.82 Å². The maximum absolute atomic E-state index is 13.5. The number of ether oxygens (including phenoxy) is 2. The molecule has 144 valence electrons. The normalized spacial score (nSPS) is 14.8. The van der Waals surface area contributed by atoms with Crippen molar-refractivity contribution in [2.45, 2.75) is 19.4 Å². The Bertz CT molecular complexity index is 1110. The van der Waals surface area contributed by atoms with Crippen molar-refractivity contribution in [2.24, 2.45) is 0 Å². The molecule has 0 radical (unpaired) electrons. The Balaban J connectivity index is 1.85. The van der Waals surface area contributed by atoms with Crippen LogP contribution in [-0.2, 0) is 6.54 Å². The summed E-state index contributed by atoms with van der Waals surface area (Å²) in [6, 6.07) is 11.6. The molecule has 0 fully saturated rings. The molecule has 3 aromatic rings. The predicted octanol–water partition coefficient (Wildman–Crippen LogP) is 3.93. The van der Waals surface area contributed by atoms with Gasteiger partial charge in [0.1, 0.15) is 11.6 Å². The van der Waals surface area contributed by atoms with E-state index in [1.165, 1.54) is 12.1 Å². The van der Waals surface area contributed by atoms with Gasteiger partial charge in [-0.25, -0.2) is 9.18 Å². The fourth-order valence-corrected chi connectivity index (χ4v) is 3.58. The van der Waals surface area contributed by atoms with E-state index in [0.29, 0.717) is 29.5 Å². The lowest BCUT2D eigenvalue weighted by atomic mass is 9.89. The number of rotatable bonds is 4. The van der Waals surface area contributed by atoms with Gasteiger partial charge in [0.2, 0.25) is 0 Å². The summed E-state index contributed by atoms with van der Waals surface area (Å²) in [5.74, 6) is 1.35. The van der Waals surface area contributed by atoms with Crippen LogP contribution in [0.5, 0.6) is 11.5 Å². The molecule has 0 aliphatic carbocycles. The summed E-state index contributed by atoms with van der Waals surface area (Å²) in [6.45, 7) is 2.57. The van der Waals surface area contributed by atoms with Gasteiger partial charge in [-0.3, -0.25) is 4.57 Å². The van der Waals surface area contributed by atoms with Crippen molar-refractivity contribution >= 4 is 11.5 Å². The second kappa shape index (κ2) is 6.99. The zero-order valence-electron chi connectivity index (χ0n) is 15.8. The Hall–Kier alpha value is -3.35. The van der Waals surface area contributed by atoms with Gasteiger partial charge in [0.25, 0.3) is 0 Å². The molecular formula is C21H20FN3O3. The van der Waals surface area contributed by atoms with Crippen molar-refractivity contribution in [1.29, 1.82) is 0 Å². The number of nitrogens with one attached hydrogen (secondary N) is 1. The third-order valence-corrected chi connectivity index (χ3v) is 4.93. The Morgan fingerprint density at radius 2 is 1.89 bits per heavy atom. The second-order valence-corrected chi connectivity index (χ2v) is 6.75. The van der Waals surface area contributed by atoms with Gasteiger partial charge in [-0.05, 0) is 35.9 Å². The molecule has 0 bridgehead atoms. The summed E-state index contributed by atoms with van der Waals surface area (Å²) < 4.78 is 26.0.